The van der Waals surface area contributed by atoms with Crippen molar-refractivity contribution < 1.29 is 57.1 Å². The van der Waals surface area contributed by atoms with Crippen LogP contribution in [0.1, 0.15) is 48.0 Å². The van der Waals surface area contributed by atoms with Crippen LogP contribution in [0.5, 0.6) is 0 Å². The highest BCUT2D eigenvalue weighted by Gasteiger charge is 2.90. The molecule has 0 aliphatic carbocycles. The molecule has 0 N–H and O–H groups in total. The predicted octanol–water partition coefficient (Wildman–Crippen LogP) is 7.88. The fourth-order valence-electron chi connectivity index (χ4n) is 4.44. The lowest BCUT2D eigenvalue weighted by atomic mass is 9.93. The molecule has 0 saturated carbocycles. The summed E-state index contributed by atoms with van der Waals surface area (Å²) in [7, 11) is -3.99. The second-order valence-corrected chi connectivity index (χ2v) is 21.0. The van der Waals surface area contributed by atoms with Crippen LogP contribution in [0.2, 0.25) is 22.7 Å². The van der Waals surface area contributed by atoms with E-state index in [1.165, 1.54) is 0 Å². The molecule has 0 aromatic carbocycles. The maximum Gasteiger partial charge on any atom is 0.460 e. The average Bonchev–Trinajstić information content (AvgIpc) is 2.55. The van der Waals surface area contributed by atoms with Crippen molar-refractivity contribution in [1.29, 1.82) is 0 Å². The van der Waals surface area contributed by atoms with Crippen molar-refractivity contribution in [1.82, 2.24) is 0 Å². The van der Waals surface area contributed by atoms with Gasteiger partial charge in [-0.25, -0.2) is 0 Å². The molecule has 0 aromatic heterocycles. The normalized spacial score (nSPS) is 16.3. The number of hydrogen-bond donors (Lipinski definition) is 0. The molecule has 0 bridgehead atoms. The van der Waals surface area contributed by atoms with E-state index in [-0.39, 0.29) is 16.6 Å². The second-order valence-electron chi connectivity index (χ2n) is 8.93. The van der Waals surface area contributed by atoms with Crippen molar-refractivity contribution in [3.8, 4) is 0 Å². The molecule has 0 heterocycles. The van der Waals surface area contributed by atoms with Crippen molar-refractivity contribution in [2.24, 2.45) is 0 Å². The van der Waals surface area contributed by atoms with Gasteiger partial charge in [0.2, 0.25) is 0 Å². The first kappa shape index (κ1) is 31.5. The topological polar surface area (TPSA) is 0 Å². The van der Waals surface area contributed by atoms with Gasteiger partial charge in [-0.05, 0) is 0 Å². The summed E-state index contributed by atoms with van der Waals surface area (Å²) in [6.45, 7) is 10.8. The Morgan fingerprint density at radius 1 is 0.531 bits per heavy atom. The summed E-state index contributed by atoms with van der Waals surface area (Å²) in [5, 5.41) is 0. The third-order valence-electron chi connectivity index (χ3n) is 6.32. The molecule has 15 heteroatoms. The zero-order valence-electron chi connectivity index (χ0n) is 18.3. The van der Waals surface area contributed by atoms with Gasteiger partial charge in [0, 0.05) is 23.0 Å². The number of halogens is 13. The molecule has 0 aliphatic rings. The molecule has 0 nitrogen and oxygen atoms in total. The molecule has 0 aliphatic heterocycles. The third-order valence-corrected chi connectivity index (χ3v) is 25.4. The molecule has 0 rings (SSSR count). The van der Waals surface area contributed by atoms with Gasteiger partial charge in [-0.1, -0.05) is 64.2 Å². The molecule has 194 valence electrons. The van der Waals surface area contributed by atoms with Crippen molar-refractivity contribution in [3.63, 3.8) is 0 Å². The highest BCUT2D eigenvalue weighted by Crippen LogP contribution is 2.60. The van der Waals surface area contributed by atoms with Gasteiger partial charge in [0.25, 0.3) is 0 Å². The van der Waals surface area contributed by atoms with Crippen LogP contribution in [0.15, 0.2) is 0 Å². The van der Waals surface area contributed by atoms with E-state index in [9.17, 15) is 57.1 Å². The first-order valence-electron chi connectivity index (χ1n) is 9.74. The molecular weight excluding hydrogens is 507 g/mol. The predicted molar refractivity (Wildman–Crippen MR) is 99.8 cm³/mol. The van der Waals surface area contributed by atoms with Crippen molar-refractivity contribution in [3.05, 3.63) is 0 Å². The van der Waals surface area contributed by atoms with Gasteiger partial charge in [-0.15, -0.1) is 0 Å². The third kappa shape index (κ3) is 4.83. The van der Waals surface area contributed by atoms with Gasteiger partial charge in [0.1, 0.15) is 0 Å². The Bertz CT molecular complexity index is 603. The van der Waals surface area contributed by atoms with Crippen LogP contribution in [0, 0.1) is 0 Å². The smallest absolute Gasteiger partial charge is 0.200 e. The Hall–Kier alpha value is -0.476. The minimum atomic E-state index is -7.82. The van der Waals surface area contributed by atoms with Crippen molar-refractivity contribution in [2.45, 2.75) is 106 Å². The van der Waals surface area contributed by atoms with Gasteiger partial charge in [-0.3, -0.25) is 0 Å². The highest BCUT2D eigenvalue weighted by molar-refractivity contribution is 7.26. The lowest BCUT2D eigenvalue weighted by Crippen LogP contribution is -2.70. The van der Waals surface area contributed by atoms with Crippen LogP contribution in [0.4, 0.5) is 57.1 Å². The molecular formula is C17H27F13Si2. The monoisotopic (exact) mass is 534 g/mol. The lowest BCUT2D eigenvalue weighted by molar-refractivity contribution is -0.439. The highest BCUT2D eigenvalue weighted by atomic mass is 29.2. The number of rotatable bonds is 11. The molecule has 0 spiro atoms. The standard InChI is InChI=1S/C17H27F13Si2/c1-9(2)32(10(3)4,11(5)6)31-8-7-12(18,19)13(20,21)14(22,23)15(24,25)16(26,27)17(28,29)30/h9-11H,7-8,31H2,1-6H3. The zero-order valence-corrected chi connectivity index (χ0v) is 20.7. The Balaban J connectivity index is 6.02. The first-order valence-corrected chi connectivity index (χ1v) is 15.3. The summed E-state index contributed by atoms with van der Waals surface area (Å²) in [6, 6.07) is -0.694. The Morgan fingerprint density at radius 3 is 1.12 bits per heavy atom. The maximum atomic E-state index is 14.0. The second kappa shape index (κ2) is 9.29. The van der Waals surface area contributed by atoms with Crippen LogP contribution in [-0.2, 0) is 0 Å². The van der Waals surface area contributed by atoms with Crippen LogP contribution >= 0.6 is 0 Å². The number of alkyl halides is 13. The van der Waals surface area contributed by atoms with E-state index in [0.29, 0.717) is 0 Å². The fourth-order valence-corrected chi connectivity index (χ4v) is 19.0. The summed E-state index contributed by atoms with van der Waals surface area (Å²) >= 11 is 0. The summed E-state index contributed by atoms with van der Waals surface area (Å²) < 4.78 is 172. The quantitative estimate of drug-likeness (QED) is 0.187. The van der Waals surface area contributed by atoms with Gasteiger partial charge in [0.05, 0.1) is 0 Å². The van der Waals surface area contributed by atoms with Gasteiger partial charge < -0.3 is 0 Å². The van der Waals surface area contributed by atoms with Crippen molar-refractivity contribution in [2.75, 3.05) is 0 Å². The first-order chi connectivity index (χ1) is 13.8. The van der Waals surface area contributed by atoms with Crippen LogP contribution in [0.25, 0.3) is 0 Å². The van der Waals surface area contributed by atoms with E-state index < -0.39 is 64.9 Å². The molecule has 0 aromatic rings. The largest absolute Gasteiger partial charge is 0.460 e. The minimum absolute atomic E-state index is 0.000416. The SMILES string of the molecule is CC(C)[Si]([SiH2]CCC(F)(F)C(F)(F)C(F)(F)C(F)(F)C(F)(F)C(F)(F)F)(C(C)C)C(C)C. The van der Waals surface area contributed by atoms with E-state index in [1.54, 1.807) is 41.5 Å². The molecule has 0 amide bonds. The summed E-state index contributed by atoms with van der Waals surface area (Å²) in [5.41, 5.74) is -0.00125. The summed E-state index contributed by atoms with van der Waals surface area (Å²) in [6.07, 6.45) is -9.41. The van der Waals surface area contributed by atoms with E-state index in [4.69, 9.17) is 0 Å². The van der Waals surface area contributed by atoms with Crippen LogP contribution < -0.4 is 0 Å². The van der Waals surface area contributed by atoms with E-state index >= 15 is 0 Å². The summed E-state index contributed by atoms with van der Waals surface area (Å²) in [5.74, 6) is -36.3. The van der Waals surface area contributed by atoms with Crippen LogP contribution in [0.3, 0.4) is 0 Å². The van der Waals surface area contributed by atoms with Gasteiger partial charge >= 0.3 is 35.8 Å². The average molecular weight is 535 g/mol. The van der Waals surface area contributed by atoms with E-state index in [2.05, 4.69) is 0 Å². The minimum Gasteiger partial charge on any atom is -0.200 e. The molecule has 0 fully saturated rings. The zero-order chi connectivity index (χ0) is 26.4. The van der Waals surface area contributed by atoms with Gasteiger partial charge in [0.15, 0.2) is 0 Å². The summed E-state index contributed by atoms with van der Waals surface area (Å²) in [4.78, 5) is 0. The maximum absolute atomic E-state index is 14.0. The molecule has 32 heavy (non-hydrogen) atoms. The molecule has 0 radical (unpaired) electrons. The Labute approximate surface area is 180 Å². The number of hydrogen-bond acceptors (Lipinski definition) is 0. The van der Waals surface area contributed by atoms with Crippen LogP contribution in [-0.4, -0.2) is 52.4 Å². The van der Waals surface area contributed by atoms with Crippen molar-refractivity contribution >= 4 is 16.6 Å². The Morgan fingerprint density at radius 2 is 0.844 bits per heavy atom. The fraction of sp³-hybridized carbons (Fsp3) is 1.00. The molecule has 0 saturated heterocycles. The molecule has 0 unspecified atom stereocenters. The lowest BCUT2D eigenvalue weighted by Gasteiger charge is -2.44. The van der Waals surface area contributed by atoms with E-state index in [0.717, 1.165) is 0 Å². The molecule has 0 atom stereocenters. The Kier molecular flexibility index (Phi) is 9.15. The van der Waals surface area contributed by atoms with Gasteiger partial charge in [-0.2, -0.15) is 57.1 Å². The van der Waals surface area contributed by atoms with E-state index in [1.807, 2.05) is 0 Å².